The van der Waals surface area contributed by atoms with E-state index in [1.54, 1.807) is 18.5 Å². The summed E-state index contributed by atoms with van der Waals surface area (Å²) in [7, 11) is 0. The molecule has 1 aliphatic heterocycles. The summed E-state index contributed by atoms with van der Waals surface area (Å²) in [5.41, 5.74) is 1.82. The number of rotatable bonds is 4. The van der Waals surface area contributed by atoms with E-state index < -0.39 is 6.10 Å². The van der Waals surface area contributed by atoms with Gasteiger partial charge in [-0.25, -0.2) is 4.98 Å². The number of nitrogens with one attached hydrogen (secondary N) is 1. The zero-order chi connectivity index (χ0) is 17.1. The number of amides is 1. The zero-order valence-electron chi connectivity index (χ0n) is 13.2. The lowest BCUT2D eigenvalue weighted by molar-refractivity contribution is -0.130. The fourth-order valence-electron chi connectivity index (χ4n) is 2.46. The van der Waals surface area contributed by atoms with Crippen molar-refractivity contribution >= 4 is 17.2 Å². The first-order chi connectivity index (χ1) is 12.3. The average Bonchev–Trinajstić information content (AvgIpc) is 3.15. The molecule has 0 fully saturated rings. The van der Waals surface area contributed by atoms with E-state index >= 15 is 0 Å². The van der Waals surface area contributed by atoms with Gasteiger partial charge in [0.2, 0.25) is 6.10 Å². The number of nitrogens with zero attached hydrogens (tertiary/aromatic N) is 2. The van der Waals surface area contributed by atoms with Gasteiger partial charge in [0, 0.05) is 23.3 Å². The van der Waals surface area contributed by atoms with Crippen LogP contribution in [0.4, 0.5) is 0 Å². The molecule has 1 aromatic carbocycles. The van der Waals surface area contributed by atoms with Crippen LogP contribution in [0.15, 0.2) is 54.2 Å². The largest absolute Gasteiger partial charge is 0.485 e. The molecule has 4 rings (SSSR count). The Morgan fingerprint density at radius 2 is 2.00 bits per heavy atom. The Kier molecular flexibility index (Phi) is 4.30. The molecule has 126 valence electrons. The zero-order valence-corrected chi connectivity index (χ0v) is 14.0. The van der Waals surface area contributed by atoms with Crippen LogP contribution < -0.4 is 14.8 Å². The maximum atomic E-state index is 12.3. The topological polar surface area (TPSA) is 73.3 Å². The molecule has 1 atom stereocenters. The minimum absolute atomic E-state index is 0.197. The summed E-state index contributed by atoms with van der Waals surface area (Å²) in [6.07, 6.45) is 2.81. The summed E-state index contributed by atoms with van der Waals surface area (Å²) in [5, 5.41) is 5.69. The van der Waals surface area contributed by atoms with Crippen LogP contribution >= 0.6 is 11.3 Å². The van der Waals surface area contributed by atoms with Crippen molar-refractivity contribution in [1.29, 1.82) is 0 Å². The minimum Gasteiger partial charge on any atom is -0.485 e. The van der Waals surface area contributed by atoms with Gasteiger partial charge in [0.15, 0.2) is 11.5 Å². The molecule has 1 unspecified atom stereocenters. The monoisotopic (exact) mass is 353 g/mol. The van der Waals surface area contributed by atoms with E-state index in [-0.39, 0.29) is 12.5 Å². The molecule has 0 bridgehead atoms. The van der Waals surface area contributed by atoms with Crippen molar-refractivity contribution in [3.05, 3.63) is 59.9 Å². The van der Waals surface area contributed by atoms with Crippen molar-refractivity contribution in [3.63, 3.8) is 0 Å². The SMILES string of the molecule is O=C(NCc1csc(-c2ccncc2)n1)C1COc2ccccc2O1. The highest BCUT2D eigenvalue weighted by Gasteiger charge is 2.27. The predicted molar refractivity (Wildman–Crippen MR) is 93.5 cm³/mol. The molecule has 6 nitrogen and oxygen atoms in total. The maximum absolute atomic E-state index is 12.3. The lowest BCUT2D eigenvalue weighted by Crippen LogP contribution is -2.43. The predicted octanol–water partition coefficient (Wildman–Crippen LogP) is 2.66. The van der Waals surface area contributed by atoms with Crippen LogP contribution in [0.25, 0.3) is 10.6 Å². The van der Waals surface area contributed by atoms with Crippen molar-refractivity contribution in [2.45, 2.75) is 12.6 Å². The molecular weight excluding hydrogens is 338 g/mol. The van der Waals surface area contributed by atoms with Gasteiger partial charge >= 0.3 is 0 Å². The quantitative estimate of drug-likeness (QED) is 0.781. The summed E-state index contributed by atoms with van der Waals surface area (Å²) in [5.74, 6) is 1.03. The van der Waals surface area contributed by atoms with Crippen molar-refractivity contribution in [2.75, 3.05) is 6.61 Å². The highest BCUT2D eigenvalue weighted by Crippen LogP contribution is 2.30. The number of benzene rings is 1. The standard InChI is InChI=1S/C18H15N3O3S/c22-17(16-10-23-14-3-1-2-4-15(14)24-16)20-9-13-11-25-18(21-13)12-5-7-19-8-6-12/h1-8,11,16H,9-10H2,(H,20,22). The Bertz CT molecular complexity index is 882. The summed E-state index contributed by atoms with van der Waals surface area (Å²) < 4.78 is 11.3. The number of para-hydroxylation sites is 2. The van der Waals surface area contributed by atoms with Gasteiger partial charge < -0.3 is 14.8 Å². The highest BCUT2D eigenvalue weighted by atomic mass is 32.1. The lowest BCUT2D eigenvalue weighted by atomic mass is 10.2. The van der Waals surface area contributed by atoms with E-state index in [4.69, 9.17) is 9.47 Å². The summed E-state index contributed by atoms with van der Waals surface area (Å²) >= 11 is 1.53. The van der Waals surface area contributed by atoms with Gasteiger partial charge in [-0.1, -0.05) is 12.1 Å². The first-order valence-electron chi connectivity index (χ1n) is 7.80. The number of hydrogen-bond acceptors (Lipinski definition) is 6. The van der Waals surface area contributed by atoms with Gasteiger partial charge in [0.1, 0.15) is 11.6 Å². The fourth-order valence-corrected chi connectivity index (χ4v) is 3.28. The number of thiazole rings is 1. The Hall–Kier alpha value is -2.93. The van der Waals surface area contributed by atoms with Gasteiger partial charge in [0.25, 0.3) is 5.91 Å². The molecule has 1 aliphatic rings. The number of ether oxygens (including phenoxy) is 2. The van der Waals surface area contributed by atoms with E-state index in [1.165, 1.54) is 11.3 Å². The highest BCUT2D eigenvalue weighted by molar-refractivity contribution is 7.13. The van der Waals surface area contributed by atoms with Crippen LogP contribution in [-0.2, 0) is 11.3 Å². The van der Waals surface area contributed by atoms with E-state index in [9.17, 15) is 4.79 Å². The van der Waals surface area contributed by atoms with Crippen LogP contribution in [0.5, 0.6) is 11.5 Å². The molecule has 7 heteroatoms. The number of pyridine rings is 1. The molecule has 2 aromatic heterocycles. The molecular formula is C18H15N3O3S. The molecule has 3 aromatic rings. The first-order valence-corrected chi connectivity index (χ1v) is 8.68. The number of hydrogen-bond donors (Lipinski definition) is 1. The van der Waals surface area contributed by atoms with E-state index in [0.717, 1.165) is 16.3 Å². The molecule has 1 N–H and O–H groups in total. The molecule has 0 spiro atoms. The summed E-state index contributed by atoms with van der Waals surface area (Å²) in [6, 6.07) is 11.1. The minimum atomic E-state index is -0.659. The van der Waals surface area contributed by atoms with Crippen molar-refractivity contribution in [1.82, 2.24) is 15.3 Å². The third-order valence-corrected chi connectivity index (χ3v) is 4.66. The summed E-state index contributed by atoms with van der Waals surface area (Å²) in [4.78, 5) is 20.8. The van der Waals surface area contributed by atoms with E-state index in [2.05, 4.69) is 15.3 Å². The van der Waals surface area contributed by atoms with Crippen molar-refractivity contribution in [3.8, 4) is 22.1 Å². The first kappa shape index (κ1) is 15.6. The lowest BCUT2D eigenvalue weighted by Gasteiger charge is -2.25. The Labute approximate surface area is 148 Å². The molecule has 0 saturated carbocycles. The van der Waals surface area contributed by atoms with E-state index in [1.807, 2.05) is 35.7 Å². The number of aromatic nitrogens is 2. The van der Waals surface area contributed by atoms with Crippen molar-refractivity contribution < 1.29 is 14.3 Å². The Morgan fingerprint density at radius 1 is 1.20 bits per heavy atom. The third-order valence-electron chi connectivity index (χ3n) is 3.72. The van der Waals surface area contributed by atoms with Gasteiger partial charge in [0.05, 0.1) is 12.2 Å². The van der Waals surface area contributed by atoms with Crippen LogP contribution in [0, 0.1) is 0 Å². The van der Waals surface area contributed by atoms with Gasteiger partial charge in [-0.3, -0.25) is 9.78 Å². The number of carbonyl (C=O) groups is 1. The Morgan fingerprint density at radius 3 is 2.84 bits per heavy atom. The Balaban J connectivity index is 1.36. The molecule has 0 radical (unpaired) electrons. The third kappa shape index (κ3) is 3.46. The smallest absolute Gasteiger partial charge is 0.265 e. The molecule has 0 aliphatic carbocycles. The average molecular weight is 353 g/mol. The van der Waals surface area contributed by atoms with Crippen LogP contribution in [0.1, 0.15) is 5.69 Å². The second-order valence-electron chi connectivity index (χ2n) is 5.46. The molecule has 0 saturated heterocycles. The van der Waals surface area contributed by atoms with Gasteiger partial charge in [-0.05, 0) is 24.3 Å². The maximum Gasteiger partial charge on any atom is 0.265 e. The second kappa shape index (κ2) is 6.90. The van der Waals surface area contributed by atoms with Crippen LogP contribution in [-0.4, -0.2) is 28.6 Å². The van der Waals surface area contributed by atoms with Crippen LogP contribution in [0.3, 0.4) is 0 Å². The van der Waals surface area contributed by atoms with E-state index in [0.29, 0.717) is 18.0 Å². The van der Waals surface area contributed by atoms with Gasteiger partial charge in [-0.15, -0.1) is 11.3 Å². The van der Waals surface area contributed by atoms with Crippen LogP contribution in [0.2, 0.25) is 0 Å². The van der Waals surface area contributed by atoms with Gasteiger partial charge in [-0.2, -0.15) is 0 Å². The normalized spacial score (nSPS) is 15.6. The number of carbonyl (C=O) groups excluding carboxylic acids is 1. The van der Waals surface area contributed by atoms with Crippen molar-refractivity contribution in [2.24, 2.45) is 0 Å². The molecule has 25 heavy (non-hydrogen) atoms. The second-order valence-corrected chi connectivity index (χ2v) is 6.32. The molecule has 1 amide bonds. The fraction of sp³-hybridized carbons (Fsp3) is 0.167. The summed E-state index contributed by atoms with van der Waals surface area (Å²) in [6.45, 7) is 0.546. The number of fused-ring (bicyclic) bond motifs is 1. The molecule has 3 heterocycles.